The van der Waals surface area contributed by atoms with Crippen LogP contribution in [0.3, 0.4) is 0 Å². The Bertz CT molecular complexity index is 1010. The first kappa shape index (κ1) is 25.3. The number of nitrogens with zero attached hydrogens (tertiary/aromatic N) is 2. The average molecular weight is 555 g/mol. The summed E-state index contributed by atoms with van der Waals surface area (Å²) in [7, 11) is 1.26. The third-order valence-corrected chi connectivity index (χ3v) is 7.41. The molecule has 0 radical (unpaired) electrons. The number of alkyl halides is 3. The highest BCUT2D eigenvalue weighted by atomic mass is 35.6. The number of amides is 1. The van der Waals surface area contributed by atoms with E-state index in [1.807, 2.05) is 0 Å². The summed E-state index contributed by atoms with van der Waals surface area (Å²) >= 11 is 17.7. The molecule has 14 heteroatoms. The number of hydroxylamine groups is 2. The fourth-order valence-corrected chi connectivity index (χ4v) is 6.17. The van der Waals surface area contributed by atoms with Crippen molar-refractivity contribution in [1.82, 2.24) is 9.96 Å². The van der Waals surface area contributed by atoms with Crippen LogP contribution in [-0.4, -0.2) is 80.5 Å². The number of phenolic OH excluding ortho intramolecular Hbond substituents is 1. The van der Waals surface area contributed by atoms with Crippen LogP contribution in [0.1, 0.15) is 18.9 Å². The lowest BCUT2D eigenvalue weighted by molar-refractivity contribution is -0.194. The molecule has 0 saturated carbocycles. The quantitative estimate of drug-likeness (QED) is 0.325. The zero-order chi connectivity index (χ0) is 24.8. The zero-order valence-electron chi connectivity index (χ0n) is 18.1. The van der Waals surface area contributed by atoms with Crippen molar-refractivity contribution in [3.8, 4) is 5.75 Å². The van der Waals surface area contributed by atoms with Crippen molar-refractivity contribution >= 4 is 69.6 Å². The number of rotatable bonds is 4. The Labute approximate surface area is 214 Å². The van der Waals surface area contributed by atoms with Gasteiger partial charge < -0.3 is 24.7 Å². The number of ether oxygens (including phenoxy) is 2. The number of benzene rings is 1. The first-order valence-electron chi connectivity index (χ1n) is 10.3. The van der Waals surface area contributed by atoms with E-state index in [2.05, 4.69) is 5.32 Å². The lowest BCUT2D eigenvalue weighted by atomic mass is 9.74. The zero-order valence-corrected chi connectivity index (χ0v) is 21.2. The Morgan fingerprint density at radius 2 is 2.06 bits per heavy atom. The van der Waals surface area contributed by atoms with Gasteiger partial charge in [-0.15, -0.1) is 5.06 Å². The first-order chi connectivity index (χ1) is 16.0. The lowest BCUT2D eigenvalue weighted by Gasteiger charge is -2.33. The molecule has 2 N–H and O–H groups in total. The van der Waals surface area contributed by atoms with Gasteiger partial charge in [-0.05, 0) is 41.9 Å². The smallest absolute Gasteiger partial charge is 0.411 e. The number of phenols is 1. The molecule has 10 nitrogen and oxygen atoms in total. The summed E-state index contributed by atoms with van der Waals surface area (Å²) in [4.78, 5) is 44.1. The summed E-state index contributed by atoms with van der Waals surface area (Å²) in [6.45, 7) is 1.25. The predicted octanol–water partition coefficient (Wildman–Crippen LogP) is 3.62. The number of anilines is 1. The van der Waals surface area contributed by atoms with Gasteiger partial charge in [-0.25, -0.2) is 9.59 Å². The Balaban J connectivity index is 1.70. The molecule has 2 fully saturated rings. The second-order valence-electron chi connectivity index (χ2n) is 8.15. The van der Waals surface area contributed by atoms with E-state index in [-0.39, 0.29) is 11.5 Å². The molecule has 2 saturated heterocycles. The van der Waals surface area contributed by atoms with E-state index >= 15 is 0 Å². The largest absolute Gasteiger partial charge is 0.508 e. The van der Waals surface area contributed by atoms with Gasteiger partial charge in [0.1, 0.15) is 18.5 Å². The SMILES string of the molecule is COC(=O)N1[C@@H](CSC(=O)OCC(Cl)(Cl)Cl)[C@@H]2N(OC(C)=O)CCC23c2cc(O)ccc2N[C@@H]13. The number of likely N-dealkylation sites (tertiary alicyclic amines) is 1. The molecular weight excluding hydrogens is 533 g/mol. The van der Waals surface area contributed by atoms with Gasteiger partial charge in [-0.2, -0.15) is 0 Å². The molecule has 3 heterocycles. The van der Waals surface area contributed by atoms with Gasteiger partial charge in [0.15, 0.2) is 0 Å². The van der Waals surface area contributed by atoms with Crippen LogP contribution in [0.25, 0.3) is 0 Å². The number of thioether (sulfide) groups is 1. The molecule has 4 rings (SSSR count). The molecule has 1 unspecified atom stereocenters. The van der Waals surface area contributed by atoms with Gasteiger partial charge in [0, 0.05) is 24.9 Å². The monoisotopic (exact) mass is 553 g/mol. The maximum Gasteiger partial charge on any atom is 0.411 e. The first-order valence-corrected chi connectivity index (χ1v) is 12.4. The minimum atomic E-state index is -1.75. The van der Waals surface area contributed by atoms with Gasteiger partial charge in [0.05, 0.1) is 24.6 Å². The van der Waals surface area contributed by atoms with Crippen LogP contribution in [0.4, 0.5) is 15.3 Å². The second-order valence-corrected chi connectivity index (χ2v) is 11.6. The van der Waals surface area contributed by atoms with Crippen molar-refractivity contribution in [3.05, 3.63) is 23.8 Å². The van der Waals surface area contributed by atoms with Crippen LogP contribution < -0.4 is 5.32 Å². The number of hydrogen-bond donors (Lipinski definition) is 2. The van der Waals surface area contributed by atoms with Crippen molar-refractivity contribution in [2.75, 3.05) is 31.3 Å². The summed E-state index contributed by atoms with van der Waals surface area (Å²) in [5, 5.41) is 14.4. The minimum absolute atomic E-state index is 0.0676. The average Bonchev–Trinajstić information content (AvgIpc) is 3.35. The normalized spacial score (nSPS) is 27.4. The molecule has 1 aromatic carbocycles. The highest BCUT2D eigenvalue weighted by molar-refractivity contribution is 8.13. The maximum atomic E-state index is 13.0. The highest BCUT2D eigenvalue weighted by Gasteiger charge is 2.70. The van der Waals surface area contributed by atoms with Crippen LogP contribution in [0, 0.1) is 0 Å². The Hall–Kier alpha value is -1.79. The van der Waals surface area contributed by atoms with Crippen molar-refractivity contribution in [2.24, 2.45) is 0 Å². The number of hydrogen-bond acceptors (Lipinski definition) is 10. The molecule has 4 atom stereocenters. The third kappa shape index (κ3) is 4.44. The molecule has 1 amide bonds. The molecule has 34 heavy (non-hydrogen) atoms. The van der Waals surface area contributed by atoms with E-state index in [1.54, 1.807) is 18.2 Å². The topological polar surface area (TPSA) is 118 Å². The number of carbonyl (C=O) groups is 3. The van der Waals surface area contributed by atoms with Crippen LogP contribution >= 0.6 is 46.6 Å². The molecule has 1 aromatic rings. The third-order valence-electron chi connectivity index (χ3n) is 6.23. The van der Waals surface area contributed by atoms with Gasteiger partial charge >= 0.3 is 17.4 Å². The summed E-state index contributed by atoms with van der Waals surface area (Å²) in [5.74, 6) is -0.358. The molecule has 0 bridgehead atoms. The number of fused-ring (bicyclic) bond motifs is 1. The van der Waals surface area contributed by atoms with Gasteiger partial charge in [-0.3, -0.25) is 9.69 Å². The van der Waals surface area contributed by atoms with Crippen molar-refractivity contribution in [3.63, 3.8) is 0 Å². The minimum Gasteiger partial charge on any atom is -0.508 e. The predicted molar refractivity (Wildman–Crippen MR) is 126 cm³/mol. The number of halogens is 3. The summed E-state index contributed by atoms with van der Waals surface area (Å²) in [6, 6.07) is 3.76. The standard InChI is InChI=1S/C20H22Cl3N3O7S/c1-10(27)33-25-6-5-19-12-7-11(28)3-4-13(12)24-16(19)26(17(29)31-2)14(15(19)25)8-34-18(30)32-9-20(21,22)23/h3-4,7,14-16,24,28H,5-6,8-9H2,1-2H3/t14-,15-,16-,19?/m0/s1. The number of aromatic hydroxyl groups is 1. The summed E-state index contributed by atoms with van der Waals surface area (Å²) in [5.41, 5.74) is 0.807. The van der Waals surface area contributed by atoms with E-state index < -0.39 is 51.4 Å². The molecule has 3 aliphatic rings. The lowest BCUT2D eigenvalue weighted by Crippen LogP contribution is -2.50. The number of methoxy groups -OCH3 is 1. The van der Waals surface area contributed by atoms with Crippen LogP contribution in [0.5, 0.6) is 5.75 Å². The van der Waals surface area contributed by atoms with Crippen LogP contribution in [0.15, 0.2) is 18.2 Å². The van der Waals surface area contributed by atoms with Crippen molar-refractivity contribution < 1.29 is 33.8 Å². The van der Waals surface area contributed by atoms with Crippen molar-refractivity contribution in [1.29, 1.82) is 0 Å². The molecule has 0 aliphatic carbocycles. The fourth-order valence-electron chi connectivity index (χ4n) is 5.22. The molecule has 0 aromatic heterocycles. The molecule has 186 valence electrons. The summed E-state index contributed by atoms with van der Waals surface area (Å²) in [6.07, 6.45) is -0.665. The Kier molecular flexibility index (Phi) is 6.96. The van der Waals surface area contributed by atoms with Crippen LogP contribution in [-0.2, 0) is 24.5 Å². The number of nitrogens with one attached hydrogen (secondary N) is 1. The van der Waals surface area contributed by atoms with E-state index in [1.165, 1.54) is 24.0 Å². The van der Waals surface area contributed by atoms with Gasteiger partial charge in [0.2, 0.25) is 3.79 Å². The summed E-state index contributed by atoms with van der Waals surface area (Å²) < 4.78 is 8.31. The Morgan fingerprint density at radius 3 is 2.71 bits per heavy atom. The second kappa shape index (κ2) is 9.34. The van der Waals surface area contributed by atoms with E-state index in [4.69, 9.17) is 49.1 Å². The van der Waals surface area contributed by atoms with Crippen molar-refractivity contribution in [2.45, 2.75) is 40.8 Å². The Morgan fingerprint density at radius 1 is 1.32 bits per heavy atom. The van der Waals surface area contributed by atoms with Gasteiger partial charge in [0.25, 0.3) is 0 Å². The number of carbonyl (C=O) groups excluding carboxylic acids is 3. The van der Waals surface area contributed by atoms with Gasteiger partial charge in [-0.1, -0.05) is 34.8 Å². The van der Waals surface area contributed by atoms with E-state index in [0.717, 1.165) is 23.0 Å². The molecular formula is C20H22Cl3N3O7S. The fraction of sp³-hybridized carbons (Fsp3) is 0.550. The molecule has 1 spiro atoms. The highest BCUT2D eigenvalue weighted by Crippen LogP contribution is 2.58. The van der Waals surface area contributed by atoms with E-state index in [0.29, 0.717) is 13.0 Å². The maximum absolute atomic E-state index is 13.0. The van der Waals surface area contributed by atoms with E-state index in [9.17, 15) is 19.5 Å². The van der Waals surface area contributed by atoms with Crippen LogP contribution in [0.2, 0.25) is 0 Å². The molecule has 3 aliphatic heterocycles.